The van der Waals surface area contributed by atoms with Crippen LogP contribution in [0, 0.1) is 5.95 Å². The first-order valence-corrected chi connectivity index (χ1v) is 6.60. The third-order valence-corrected chi connectivity index (χ3v) is 3.03. The number of nitrogens with one attached hydrogen (secondary N) is 1. The molecule has 0 aliphatic carbocycles. The van der Waals surface area contributed by atoms with Gasteiger partial charge in [-0.2, -0.15) is 14.4 Å². The molecule has 0 fully saturated rings. The fourth-order valence-corrected chi connectivity index (χ4v) is 2.05. The van der Waals surface area contributed by atoms with Gasteiger partial charge in [-0.15, -0.1) is 0 Å². The van der Waals surface area contributed by atoms with Crippen LogP contribution in [0.3, 0.4) is 0 Å². The van der Waals surface area contributed by atoms with Gasteiger partial charge in [0.1, 0.15) is 12.1 Å². The molecule has 21 heavy (non-hydrogen) atoms. The maximum atomic E-state index is 13.6. The predicted molar refractivity (Wildman–Crippen MR) is 77.9 cm³/mol. The van der Waals surface area contributed by atoms with Crippen molar-refractivity contribution in [1.82, 2.24) is 19.5 Å². The number of hydrogen-bond donors (Lipinski definition) is 1. The standard InChI is InChI=1S/C14H11ClFN5/c15-11-3-1-2-10(6-11)8-18-14-19-12(16)7-13(20-14)21-5-4-17-9-21/h1-7,9H,8H2,(H,18,19,20). The third-order valence-electron chi connectivity index (χ3n) is 2.79. The van der Waals surface area contributed by atoms with Crippen LogP contribution in [0.25, 0.3) is 5.82 Å². The van der Waals surface area contributed by atoms with E-state index in [0.717, 1.165) is 5.56 Å². The second kappa shape index (κ2) is 5.88. The first kappa shape index (κ1) is 13.5. The van der Waals surface area contributed by atoms with Gasteiger partial charge < -0.3 is 5.32 Å². The lowest BCUT2D eigenvalue weighted by molar-refractivity contribution is 0.579. The highest BCUT2D eigenvalue weighted by atomic mass is 35.5. The van der Waals surface area contributed by atoms with Crippen molar-refractivity contribution in [3.63, 3.8) is 0 Å². The highest BCUT2D eigenvalue weighted by molar-refractivity contribution is 6.30. The fraction of sp³-hybridized carbons (Fsp3) is 0.0714. The van der Waals surface area contributed by atoms with E-state index >= 15 is 0 Å². The van der Waals surface area contributed by atoms with Gasteiger partial charge in [-0.25, -0.2) is 4.98 Å². The topological polar surface area (TPSA) is 55.6 Å². The normalized spacial score (nSPS) is 10.6. The fourth-order valence-electron chi connectivity index (χ4n) is 1.84. The van der Waals surface area contributed by atoms with E-state index < -0.39 is 5.95 Å². The average molecular weight is 304 g/mol. The first-order chi connectivity index (χ1) is 10.2. The quantitative estimate of drug-likeness (QED) is 0.753. The smallest absolute Gasteiger partial charge is 0.227 e. The van der Waals surface area contributed by atoms with Crippen LogP contribution in [0.5, 0.6) is 0 Å². The van der Waals surface area contributed by atoms with E-state index in [1.54, 1.807) is 29.4 Å². The Balaban J connectivity index is 1.79. The van der Waals surface area contributed by atoms with Gasteiger partial charge in [0.2, 0.25) is 11.9 Å². The lowest BCUT2D eigenvalue weighted by atomic mass is 10.2. The van der Waals surface area contributed by atoms with E-state index in [0.29, 0.717) is 17.4 Å². The molecule has 106 valence electrons. The Kier molecular flexibility index (Phi) is 3.79. The molecule has 2 aromatic heterocycles. The molecule has 0 radical (unpaired) electrons. The van der Waals surface area contributed by atoms with Crippen LogP contribution >= 0.6 is 11.6 Å². The number of rotatable bonds is 4. The number of anilines is 1. The molecule has 5 nitrogen and oxygen atoms in total. The molecule has 0 aliphatic heterocycles. The summed E-state index contributed by atoms with van der Waals surface area (Å²) < 4.78 is 15.2. The van der Waals surface area contributed by atoms with E-state index in [-0.39, 0.29) is 5.95 Å². The number of halogens is 2. The number of hydrogen-bond acceptors (Lipinski definition) is 4. The summed E-state index contributed by atoms with van der Waals surface area (Å²) in [6, 6.07) is 8.62. The second-order valence-corrected chi connectivity index (χ2v) is 4.76. The Labute approximate surface area is 125 Å². The highest BCUT2D eigenvalue weighted by Crippen LogP contribution is 2.13. The Morgan fingerprint density at radius 1 is 1.24 bits per heavy atom. The zero-order valence-corrected chi connectivity index (χ0v) is 11.6. The Morgan fingerprint density at radius 2 is 2.14 bits per heavy atom. The van der Waals surface area contributed by atoms with Crippen LogP contribution in [-0.4, -0.2) is 19.5 Å². The largest absolute Gasteiger partial charge is 0.350 e. The van der Waals surface area contributed by atoms with Crippen molar-refractivity contribution in [2.24, 2.45) is 0 Å². The Hall–Kier alpha value is -2.47. The zero-order chi connectivity index (χ0) is 14.7. The van der Waals surface area contributed by atoms with Crippen LogP contribution in [-0.2, 0) is 6.54 Å². The van der Waals surface area contributed by atoms with Crippen molar-refractivity contribution in [3.05, 3.63) is 65.6 Å². The molecule has 1 aromatic carbocycles. The lowest BCUT2D eigenvalue weighted by Crippen LogP contribution is -2.07. The highest BCUT2D eigenvalue weighted by Gasteiger charge is 2.06. The Morgan fingerprint density at radius 3 is 2.90 bits per heavy atom. The molecule has 0 saturated carbocycles. The van der Waals surface area contributed by atoms with E-state index in [1.165, 1.54) is 6.07 Å². The molecular formula is C14H11ClFN5. The summed E-state index contributed by atoms with van der Waals surface area (Å²) in [5, 5.41) is 3.62. The summed E-state index contributed by atoms with van der Waals surface area (Å²) >= 11 is 5.92. The minimum absolute atomic E-state index is 0.207. The molecule has 3 aromatic rings. The van der Waals surface area contributed by atoms with Crippen molar-refractivity contribution in [3.8, 4) is 5.82 Å². The van der Waals surface area contributed by atoms with Crippen molar-refractivity contribution in [2.75, 3.05) is 5.32 Å². The summed E-state index contributed by atoms with van der Waals surface area (Å²) in [4.78, 5) is 11.9. The van der Waals surface area contributed by atoms with Crippen LogP contribution in [0.2, 0.25) is 5.02 Å². The molecule has 0 amide bonds. The van der Waals surface area contributed by atoms with Gasteiger partial charge in [-0.05, 0) is 17.7 Å². The van der Waals surface area contributed by atoms with Crippen LogP contribution in [0.1, 0.15) is 5.56 Å². The van der Waals surface area contributed by atoms with Gasteiger partial charge in [0.05, 0.1) is 0 Å². The minimum atomic E-state index is -0.609. The SMILES string of the molecule is Fc1cc(-n2ccnc2)nc(NCc2cccc(Cl)c2)n1. The van der Waals surface area contributed by atoms with E-state index in [4.69, 9.17) is 11.6 Å². The van der Waals surface area contributed by atoms with Gasteiger partial charge in [-0.3, -0.25) is 4.57 Å². The van der Waals surface area contributed by atoms with Crippen molar-refractivity contribution >= 4 is 17.5 Å². The summed E-state index contributed by atoms with van der Waals surface area (Å²) in [5.74, 6) is 0.00886. The maximum Gasteiger partial charge on any atom is 0.227 e. The molecule has 0 spiro atoms. The van der Waals surface area contributed by atoms with Gasteiger partial charge in [-0.1, -0.05) is 23.7 Å². The average Bonchev–Trinajstić information content (AvgIpc) is 2.99. The van der Waals surface area contributed by atoms with E-state index in [1.807, 2.05) is 18.2 Å². The summed E-state index contributed by atoms with van der Waals surface area (Å²) in [6.45, 7) is 0.452. The third kappa shape index (κ3) is 3.35. The molecular weight excluding hydrogens is 293 g/mol. The summed E-state index contributed by atoms with van der Waals surface area (Å²) in [7, 11) is 0. The molecule has 0 unspecified atom stereocenters. The number of nitrogens with zero attached hydrogens (tertiary/aromatic N) is 4. The second-order valence-electron chi connectivity index (χ2n) is 4.33. The van der Waals surface area contributed by atoms with Gasteiger partial charge in [0, 0.05) is 30.0 Å². The van der Waals surface area contributed by atoms with Crippen LogP contribution in [0.4, 0.5) is 10.3 Å². The van der Waals surface area contributed by atoms with Crippen molar-refractivity contribution in [2.45, 2.75) is 6.54 Å². The van der Waals surface area contributed by atoms with E-state index in [9.17, 15) is 4.39 Å². The number of imidazole rings is 1. The van der Waals surface area contributed by atoms with Crippen molar-refractivity contribution < 1.29 is 4.39 Å². The lowest BCUT2D eigenvalue weighted by Gasteiger charge is -2.07. The molecule has 2 heterocycles. The van der Waals surface area contributed by atoms with E-state index in [2.05, 4.69) is 20.3 Å². The van der Waals surface area contributed by atoms with Crippen molar-refractivity contribution in [1.29, 1.82) is 0 Å². The molecule has 3 rings (SSSR count). The molecule has 0 bridgehead atoms. The molecule has 0 aliphatic rings. The predicted octanol–water partition coefficient (Wildman–Crippen LogP) is 3.07. The van der Waals surface area contributed by atoms with Crippen LogP contribution in [0.15, 0.2) is 49.1 Å². The number of aromatic nitrogens is 4. The Bertz CT molecular complexity index is 745. The van der Waals surface area contributed by atoms with Crippen LogP contribution < -0.4 is 5.32 Å². The summed E-state index contributed by atoms with van der Waals surface area (Å²) in [5.41, 5.74) is 0.958. The summed E-state index contributed by atoms with van der Waals surface area (Å²) in [6.07, 6.45) is 4.82. The number of benzene rings is 1. The molecule has 0 atom stereocenters. The molecule has 7 heteroatoms. The molecule has 1 N–H and O–H groups in total. The first-order valence-electron chi connectivity index (χ1n) is 6.22. The molecule has 0 saturated heterocycles. The van der Waals surface area contributed by atoms with Gasteiger partial charge in [0.25, 0.3) is 0 Å². The maximum absolute atomic E-state index is 13.6. The van der Waals surface area contributed by atoms with Gasteiger partial charge in [0.15, 0.2) is 0 Å². The monoisotopic (exact) mass is 303 g/mol. The minimum Gasteiger partial charge on any atom is -0.350 e. The zero-order valence-electron chi connectivity index (χ0n) is 10.9. The van der Waals surface area contributed by atoms with Gasteiger partial charge >= 0.3 is 0 Å².